The first-order valence-corrected chi connectivity index (χ1v) is 11.1. The molecule has 3 aromatic rings. The van der Waals surface area contributed by atoms with Crippen LogP contribution in [-0.2, 0) is 11.3 Å². The van der Waals surface area contributed by atoms with E-state index in [-0.39, 0.29) is 17.5 Å². The van der Waals surface area contributed by atoms with Crippen LogP contribution in [-0.4, -0.2) is 22.6 Å². The summed E-state index contributed by atoms with van der Waals surface area (Å²) in [5, 5.41) is 4.35. The summed E-state index contributed by atoms with van der Waals surface area (Å²) in [6.45, 7) is 11.0. The van der Waals surface area contributed by atoms with Crippen LogP contribution >= 0.6 is 11.6 Å². The summed E-state index contributed by atoms with van der Waals surface area (Å²) < 4.78 is 28.0. The number of carbonyl (C=O) groups excluding carboxylic acids is 1. The molecule has 0 atom stereocenters. The van der Waals surface area contributed by atoms with Crippen molar-refractivity contribution in [3.8, 4) is 0 Å². The van der Waals surface area contributed by atoms with Crippen molar-refractivity contribution in [1.29, 1.82) is 0 Å². The summed E-state index contributed by atoms with van der Waals surface area (Å²) in [6.07, 6.45) is 9.92. The van der Waals surface area contributed by atoms with Crippen molar-refractivity contribution < 1.29 is 13.6 Å². The molecule has 0 aliphatic heterocycles. The molecule has 35 heavy (non-hydrogen) atoms. The first-order chi connectivity index (χ1) is 16.7. The van der Waals surface area contributed by atoms with E-state index in [0.717, 1.165) is 11.8 Å². The molecule has 0 radical (unpaired) electrons. The molecule has 0 saturated heterocycles. The molecule has 0 aliphatic rings. The molecule has 0 aliphatic carbocycles. The normalized spacial score (nSPS) is 13.4. The zero-order valence-electron chi connectivity index (χ0n) is 19.5. The third kappa shape index (κ3) is 6.39. The SMILES string of the molecule is C=N/C(=C\C(=C/C)C(=O)NCc1ccc2[nH]cc(Cl)c2c1F)C/C(C)=C/C=c1/ncc(F)cc1=C. The predicted molar refractivity (Wildman–Crippen MR) is 138 cm³/mol. The lowest BCUT2D eigenvalue weighted by Gasteiger charge is -2.09. The van der Waals surface area contributed by atoms with Gasteiger partial charge in [-0.15, -0.1) is 0 Å². The number of rotatable bonds is 8. The van der Waals surface area contributed by atoms with Crippen LogP contribution < -0.4 is 15.9 Å². The Kier molecular flexibility index (Phi) is 8.49. The lowest BCUT2D eigenvalue weighted by atomic mass is 10.1. The average molecular weight is 495 g/mol. The lowest BCUT2D eigenvalue weighted by Crippen LogP contribution is -2.26. The summed E-state index contributed by atoms with van der Waals surface area (Å²) in [7, 11) is 0. The van der Waals surface area contributed by atoms with Crippen molar-refractivity contribution in [3.63, 3.8) is 0 Å². The smallest absolute Gasteiger partial charge is 0.251 e. The molecule has 0 saturated carbocycles. The molecule has 2 aromatic heterocycles. The third-order valence-corrected chi connectivity index (χ3v) is 5.60. The van der Waals surface area contributed by atoms with Crippen LogP contribution in [0.3, 0.4) is 0 Å². The van der Waals surface area contributed by atoms with Gasteiger partial charge in [0.15, 0.2) is 0 Å². The van der Waals surface area contributed by atoms with Crippen LogP contribution in [0.25, 0.3) is 23.6 Å². The van der Waals surface area contributed by atoms with Crippen molar-refractivity contribution in [2.75, 3.05) is 0 Å². The van der Waals surface area contributed by atoms with Crippen LogP contribution in [0, 0.1) is 11.6 Å². The van der Waals surface area contributed by atoms with Crippen molar-refractivity contribution in [3.05, 3.63) is 98.5 Å². The Morgan fingerprint density at radius 1 is 1.34 bits per heavy atom. The fraction of sp³-hybridized carbons (Fsp3) is 0.148. The molecule has 3 rings (SSSR count). The number of halogens is 3. The molecule has 180 valence electrons. The number of nitrogens with one attached hydrogen (secondary N) is 2. The van der Waals surface area contributed by atoms with E-state index in [4.69, 9.17) is 11.6 Å². The number of nitrogens with zero attached hydrogens (tertiary/aromatic N) is 2. The van der Waals surface area contributed by atoms with Gasteiger partial charge in [-0.05, 0) is 50.1 Å². The van der Waals surface area contributed by atoms with E-state index in [9.17, 15) is 13.6 Å². The van der Waals surface area contributed by atoms with Crippen molar-refractivity contribution in [2.45, 2.75) is 26.8 Å². The fourth-order valence-corrected chi connectivity index (χ4v) is 3.66. The molecule has 0 fully saturated rings. The highest BCUT2D eigenvalue weighted by Gasteiger charge is 2.14. The van der Waals surface area contributed by atoms with Gasteiger partial charge in [-0.3, -0.25) is 14.8 Å². The zero-order chi connectivity index (χ0) is 25.5. The van der Waals surface area contributed by atoms with Gasteiger partial charge < -0.3 is 10.3 Å². The molecule has 2 heterocycles. The second-order valence-corrected chi connectivity index (χ2v) is 8.28. The van der Waals surface area contributed by atoms with Crippen LogP contribution in [0.15, 0.2) is 70.7 Å². The van der Waals surface area contributed by atoms with E-state index in [1.165, 1.54) is 12.3 Å². The Hall–Kier alpha value is -3.84. The van der Waals surface area contributed by atoms with Gasteiger partial charge in [-0.25, -0.2) is 8.78 Å². The first kappa shape index (κ1) is 25.8. The molecule has 2 N–H and O–H groups in total. The van der Waals surface area contributed by atoms with Gasteiger partial charge >= 0.3 is 0 Å². The minimum Gasteiger partial charge on any atom is -0.360 e. The summed E-state index contributed by atoms with van der Waals surface area (Å²) in [4.78, 5) is 23.7. The quantitative estimate of drug-likeness (QED) is 0.266. The summed E-state index contributed by atoms with van der Waals surface area (Å²) in [6, 6.07) is 4.63. The van der Waals surface area contributed by atoms with E-state index in [2.05, 4.69) is 33.6 Å². The van der Waals surface area contributed by atoms with Crippen molar-refractivity contribution >= 4 is 47.8 Å². The molecule has 5 nitrogen and oxygen atoms in total. The van der Waals surface area contributed by atoms with Crippen molar-refractivity contribution in [2.24, 2.45) is 4.99 Å². The highest BCUT2D eigenvalue weighted by atomic mass is 35.5. The number of amides is 1. The second kappa shape index (κ2) is 11.5. The molecule has 0 unspecified atom stereocenters. The highest BCUT2D eigenvalue weighted by molar-refractivity contribution is 6.35. The molecule has 1 aromatic carbocycles. The monoisotopic (exact) mass is 494 g/mol. The number of hydrogen-bond acceptors (Lipinski definition) is 3. The average Bonchev–Trinajstić information content (AvgIpc) is 3.21. The van der Waals surface area contributed by atoms with Gasteiger partial charge in [0.2, 0.25) is 0 Å². The van der Waals surface area contributed by atoms with Gasteiger partial charge in [0.25, 0.3) is 5.91 Å². The van der Waals surface area contributed by atoms with Crippen molar-refractivity contribution in [1.82, 2.24) is 15.3 Å². The van der Waals surface area contributed by atoms with Crippen LogP contribution in [0.2, 0.25) is 5.02 Å². The van der Waals surface area contributed by atoms with E-state index < -0.39 is 11.6 Å². The number of aromatic amines is 1. The number of carbonyl (C=O) groups is 1. The lowest BCUT2D eigenvalue weighted by molar-refractivity contribution is -0.117. The van der Waals surface area contributed by atoms with E-state index >= 15 is 0 Å². The third-order valence-electron chi connectivity index (χ3n) is 5.31. The van der Waals surface area contributed by atoms with Gasteiger partial charge in [0.05, 0.1) is 22.0 Å². The molecule has 1 amide bonds. The number of allylic oxidation sites excluding steroid dienone is 3. The Labute approximate surface area is 207 Å². The number of hydrogen-bond donors (Lipinski definition) is 2. The van der Waals surface area contributed by atoms with Crippen LogP contribution in [0.1, 0.15) is 25.8 Å². The highest BCUT2D eigenvalue weighted by Crippen LogP contribution is 2.27. The maximum atomic E-state index is 14.8. The first-order valence-electron chi connectivity index (χ1n) is 10.8. The Morgan fingerprint density at radius 3 is 2.80 bits per heavy atom. The largest absolute Gasteiger partial charge is 0.360 e. The van der Waals surface area contributed by atoms with E-state index in [1.807, 2.05) is 13.0 Å². The maximum absolute atomic E-state index is 14.8. The summed E-state index contributed by atoms with van der Waals surface area (Å²) in [5.41, 5.74) is 2.77. The molecular weight excluding hydrogens is 470 g/mol. The number of pyridine rings is 1. The Balaban J connectivity index is 1.71. The van der Waals surface area contributed by atoms with Crippen LogP contribution in [0.5, 0.6) is 0 Å². The van der Waals surface area contributed by atoms with E-state index in [1.54, 1.807) is 37.3 Å². The second-order valence-electron chi connectivity index (χ2n) is 7.87. The number of aromatic nitrogens is 2. The van der Waals surface area contributed by atoms with Gasteiger partial charge in [0, 0.05) is 41.5 Å². The van der Waals surface area contributed by atoms with E-state index in [0.29, 0.717) is 44.7 Å². The number of benzene rings is 1. The minimum absolute atomic E-state index is 0.00388. The summed E-state index contributed by atoms with van der Waals surface area (Å²) >= 11 is 6.05. The Bertz CT molecular complexity index is 1480. The molecule has 8 heteroatoms. The fourth-order valence-electron chi connectivity index (χ4n) is 3.42. The Morgan fingerprint density at radius 2 is 2.11 bits per heavy atom. The molecular formula is C27H25ClF2N4O. The standard InChI is InChI=1S/C27H25ClF2N4O/c1-5-18(27(35)34-13-19-7-9-24-25(26(19)30)22(28)15-33-24)12-21(31-4)10-16(2)6-8-23-17(3)11-20(29)14-32-23/h5-9,11-12,14-15,33H,3-4,10,13H2,1-2H3,(H,34,35)/b16-6+,18-5+,21-12-,23-8+. The molecule has 0 spiro atoms. The van der Waals surface area contributed by atoms with Gasteiger partial charge in [-0.2, -0.15) is 0 Å². The summed E-state index contributed by atoms with van der Waals surface area (Å²) in [5.74, 6) is -1.29. The van der Waals surface area contributed by atoms with Gasteiger partial charge in [-0.1, -0.05) is 42.0 Å². The maximum Gasteiger partial charge on any atom is 0.251 e. The zero-order valence-corrected chi connectivity index (χ0v) is 20.2. The molecule has 0 bridgehead atoms. The number of H-pyrrole nitrogens is 1. The topological polar surface area (TPSA) is 70.1 Å². The number of aliphatic imine (C=N–C) groups is 1. The van der Waals surface area contributed by atoms with Crippen LogP contribution in [0.4, 0.5) is 8.78 Å². The minimum atomic E-state index is -0.474. The van der Waals surface area contributed by atoms with Gasteiger partial charge in [0.1, 0.15) is 11.6 Å². The predicted octanol–water partition coefficient (Wildman–Crippen LogP) is 4.87. The number of fused-ring (bicyclic) bond motifs is 1.